The van der Waals surface area contributed by atoms with Crippen molar-refractivity contribution in [2.45, 2.75) is 6.92 Å². The van der Waals surface area contributed by atoms with E-state index in [1.54, 1.807) is 37.3 Å². The number of halogens is 2. The van der Waals surface area contributed by atoms with Crippen LogP contribution < -0.4 is 0 Å². The third-order valence-corrected chi connectivity index (χ3v) is 2.90. The number of aromatic hydroxyl groups is 1. The Hall–Kier alpha value is -1.42. The molecule has 1 N–H and O–H groups in total. The summed E-state index contributed by atoms with van der Waals surface area (Å²) in [5.74, 6) is -0.555. The minimum Gasteiger partial charge on any atom is -0.506 e. The molecule has 0 spiro atoms. The van der Waals surface area contributed by atoms with E-state index in [2.05, 4.69) is 20.9 Å². The van der Waals surface area contributed by atoms with Crippen LogP contribution in [0.2, 0.25) is 0 Å². The zero-order chi connectivity index (χ0) is 11.7. The molecule has 0 saturated heterocycles. The first kappa shape index (κ1) is 11.1. The number of aryl methyl sites for hydroxylation is 1. The predicted molar refractivity (Wildman–Crippen MR) is 63.7 cm³/mol. The lowest BCUT2D eigenvalue weighted by atomic mass is 10.1. The van der Waals surface area contributed by atoms with E-state index in [9.17, 15) is 9.50 Å². The molecule has 0 atom stereocenters. The molecule has 0 bridgehead atoms. The second-order valence-corrected chi connectivity index (χ2v) is 4.28. The molecule has 2 nitrogen and oxygen atoms in total. The van der Waals surface area contributed by atoms with Gasteiger partial charge in [-0.1, -0.05) is 12.1 Å². The highest BCUT2D eigenvalue weighted by molar-refractivity contribution is 9.10. The first-order chi connectivity index (χ1) is 7.59. The summed E-state index contributed by atoms with van der Waals surface area (Å²) in [6.07, 6.45) is 0. The van der Waals surface area contributed by atoms with Crippen LogP contribution in [0.25, 0.3) is 11.1 Å². The third kappa shape index (κ3) is 1.93. The SMILES string of the molecule is Cc1ccc(-c2cccc(Br)c2O)c(F)n1. The Morgan fingerprint density at radius 1 is 1.19 bits per heavy atom. The van der Waals surface area contributed by atoms with Gasteiger partial charge < -0.3 is 5.11 Å². The van der Waals surface area contributed by atoms with Gasteiger partial charge >= 0.3 is 0 Å². The van der Waals surface area contributed by atoms with Gasteiger partial charge in [-0.2, -0.15) is 4.39 Å². The molecule has 0 unspecified atom stereocenters. The summed E-state index contributed by atoms with van der Waals surface area (Å²) in [6, 6.07) is 8.39. The maximum atomic E-state index is 13.6. The number of phenolic OH excluding ortho intramolecular Hbond substituents is 1. The summed E-state index contributed by atoms with van der Waals surface area (Å²) >= 11 is 3.19. The average Bonchev–Trinajstić information content (AvgIpc) is 2.23. The van der Waals surface area contributed by atoms with Crippen LogP contribution in [0.5, 0.6) is 5.75 Å². The molecule has 4 heteroatoms. The number of para-hydroxylation sites is 1. The molecule has 1 aromatic carbocycles. The van der Waals surface area contributed by atoms with Crippen LogP contribution in [0.1, 0.15) is 5.69 Å². The van der Waals surface area contributed by atoms with E-state index in [1.807, 2.05) is 0 Å². The fraction of sp³-hybridized carbons (Fsp3) is 0.0833. The summed E-state index contributed by atoms with van der Waals surface area (Å²) < 4.78 is 14.1. The van der Waals surface area contributed by atoms with Gasteiger partial charge in [0.05, 0.1) is 4.47 Å². The number of pyridine rings is 1. The van der Waals surface area contributed by atoms with Crippen LogP contribution in [0.4, 0.5) is 4.39 Å². The van der Waals surface area contributed by atoms with E-state index in [0.717, 1.165) is 0 Å². The quantitative estimate of drug-likeness (QED) is 0.810. The minimum atomic E-state index is -0.576. The molecule has 0 amide bonds. The Labute approximate surface area is 101 Å². The van der Waals surface area contributed by atoms with Crippen molar-refractivity contribution < 1.29 is 9.50 Å². The zero-order valence-electron chi connectivity index (χ0n) is 8.54. The van der Waals surface area contributed by atoms with Crippen molar-refractivity contribution in [3.05, 3.63) is 46.4 Å². The minimum absolute atomic E-state index is 0.0204. The van der Waals surface area contributed by atoms with Gasteiger partial charge in [0.1, 0.15) is 5.75 Å². The summed E-state index contributed by atoms with van der Waals surface area (Å²) in [6.45, 7) is 1.72. The average molecular weight is 282 g/mol. The third-order valence-electron chi connectivity index (χ3n) is 2.26. The number of hydrogen-bond acceptors (Lipinski definition) is 2. The second kappa shape index (κ2) is 4.22. The monoisotopic (exact) mass is 281 g/mol. The summed E-state index contributed by atoms with van der Waals surface area (Å²) in [4.78, 5) is 3.73. The molecule has 1 heterocycles. The Morgan fingerprint density at radius 2 is 1.94 bits per heavy atom. The standard InChI is InChI=1S/C12H9BrFNO/c1-7-5-6-9(12(14)15-7)8-3-2-4-10(13)11(8)16/h2-6,16H,1H3. The molecule has 2 aromatic rings. The fourth-order valence-electron chi connectivity index (χ4n) is 1.46. The van der Waals surface area contributed by atoms with Crippen molar-refractivity contribution in [3.63, 3.8) is 0 Å². The smallest absolute Gasteiger partial charge is 0.221 e. The molecule has 0 radical (unpaired) electrons. The molecule has 2 rings (SSSR count). The van der Waals surface area contributed by atoms with Crippen molar-refractivity contribution in [2.24, 2.45) is 0 Å². The number of nitrogens with zero attached hydrogens (tertiary/aromatic N) is 1. The van der Waals surface area contributed by atoms with Crippen molar-refractivity contribution >= 4 is 15.9 Å². The van der Waals surface area contributed by atoms with Gasteiger partial charge in [0.2, 0.25) is 5.95 Å². The van der Waals surface area contributed by atoms with E-state index in [4.69, 9.17) is 0 Å². The van der Waals surface area contributed by atoms with Crippen LogP contribution in [-0.2, 0) is 0 Å². The molecule has 0 fully saturated rings. The van der Waals surface area contributed by atoms with Crippen LogP contribution in [0.3, 0.4) is 0 Å². The fourth-order valence-corrected chi connectivity index (χ4v) is 1.82. The highest BCUT2D eigenvalue weighted by Gasteiger charge is 2.12. The number of aromatic nitrogens is 1. The van der Waals surface area contributed by atoms with Gasteiger partial charge in [0.15, 0.2) is 0 Å². The number of phenols is 1. The first-order valence-electron chi connectivity index (χ1n) is 4.70. The summed E-state index contributed by atoms with van der Waals surface area (Å²) in [5.41, 5.74) is 1.33. The molecule has 0 aliphatic heterocycles. The van der Waals surface area contributed by atoms with Crippen LogP contribution >= 0.6 is 15.9 Å². The highest BCUT2D eigenvalue weighted by atomic mass is 79.9. The topological polar surface area (TPSA) is 33.1 Å². The number of rotatable bonds is 1. The van der Waals surface area contributed by atoms with Gasteiger partial charge in [-0.15, -0.1) is 0 Å². The van der Waals surface area contributed by atoms with Gasteiger partial charge in [-0.05, 0) is 41.1 Å². The zero-order valence-corrected chi connectivity index (χ0v) is 10.1. The lowest BCUT2D eigenvalue weighted by Gasteiger charge is -2.07. The Kier molecular flexibility index (Phi) is 2.92. The highest BCUT2D eigenvalue weighted by Crippen LogP contribution is 2.35. The predicted octanol–water partition coefficient (Wildman–Crippen LogP) is 3.66. The molecular weight excluding hydrogens is 273 g/mol. The van der Waals surface area contributed by atoms with E-state index < -0.39 is 5.95 Å². The lowest BCUT2D eigenvalue weighted by molar-refractivity contribution is 0.473. The molecule has 1 aromatic heterocycles. The van der Waals surface area contributed by atoms with Gasteiger partial charge in [0, 0.05) is 16.8 Å². The summed E-state index contributed by atoms with van der Waals surface area (Å²) in [7, 11) is 0. The maximum absolute atomic E-state index is 13.6. The van der Waals surface area contributed by atoms with E-state index in [0.29, 0.717) is 21.3 Å². The first-order valence-corrected chi connectivity index (χ1v) is 5.50. The largest absolute Gasteiger partial charge is 0.506 e. The van der Waals surface area contributed by atoms with Crippen molar-refractivity contribution in [2.75, 3.05) is 0 Å². The van der Waals surface area contributed by atoms with Crippen molar-refractivity contribution in [3.8, 4) is 16.9 Å². The molecule has 16 heavy (non-hydrogen) atoms. The van der Waals surface area contributed by atoms with Crippen molar-refractivity contribution in [1.29, 1.82) is 0 Å². The number of hydrogen-bond donors (Lipinski definition) is 1. The molecule has 0 aliphatic carbocycles. The van der Waals surface area contributed by atoms with E-state index in [1.165, 1.54) is 0 Å². The van der Waals surface area contributed by atoms with Crippen LogP contribution in [0, 0.1) is 12.9 Å². The van der Waals surface area contributed by atoms with Crippen molar-refractivity contribution in [1.82, 2.24) is 4.98 Å². The van der Waals surface area contributed by atoms with E-state index in [-0.39, 0.29) is 5.75 Å². The van der Waals surface area contributed by atoms with Gasteiger partial charge in [0.25, 0.3) is 0 Å². The van der Waals surface area contributed by atoms with E-state index >= 15 is 0 Å². The normalized spacial score (nSPS) is 10.4. The maximum Gasteiger partial charge on any atom is 0.221 e. The molecule has 82 valence electrons. The van der Waals surface area contributed by atoms with Crippen LogP contribution in [0.15, 0.2) is 34.8 Å². The summed E-state index contributed by atoms with van der Waals surface area (Å²) in [5, 5.41) is 9.80. The Bertz CT molecular complexity index is 543. The van der Waals surface area contributed by atoms with Gasteiger partial charge in [-0.25, -0.2) is 4.98 Å². The number of benzene rings is 1. The Balaban J connectivity index is 2.63. The lowest BCUT2D eigenvalue weighted by Crippen LogP contribution is -1.91. The Morgan fingerprint density at radius 3 is 2.62 bits per heavy atom. The molecule has 0 aliphatic rings. The molecular formula is C12H9BrFNO. The van der Waals surface area contributed by atoms with Crippen LogP contribution in [-0.4, -0.2) is 10.1 Å². The second-order valence-electron chi connectivity index (χ2n) is 3.43. The molecule has 0 saturated carbocycles. The van der Waals surface area contributed by atoms with Gasteiger partial charge in [-0.3, -0.25) is 0 Å².